The van der Waals surface area contributed by atoms with Crippen LogP contribution in [0.1, 0.15) is 35.7 Å². The molecule has 6 nitrogen and oxygen atoms in total. The van der Waals surface area contributed by atoms with Gasteiger partial charge in [-0.3, -0.25) is 14.5 Å². The standard InChI is InChI=1S/C26H30FN3O3S/c1-18-24(34-15-14-33-18)26(32)29-22-8-6-20(7-9-22)25(31)28-16-19-10-12-30(13-11-19)17-21-4-2-3-5-23(21)27/h2-9,19H,10-17H2,1H3,(H,28,31)(H,29,32). The molecular formula is C26H30FN3O3S. The third-order valence-electron chi connectivity index (χ3n) is 6.19. The molecule has 2 aliphatic rings. The van der Waals surface area contributed by atoms with Crippen molar-refractivity contribution in [1.29, 1.82) is 0 Å². The molecule has 1 saturated heterocycles. The minimum Gasteiger partial charge on any atom is -0.496 e. The monoisotopic (exact) mass is 483 g/mol. The van der Waals surface area contributed by atoms with Crippen LogP contribution in [0.2, 0.25) is 0 Å². The van der Waals surface area contributed by atoms with Crippen LogP contribution < -0.4 is 10.6 Å². The summed E-state index contributed by atoms with van der Waals surface area (Å²) in [4.78, 5) is 27.9. The topological polar surface area (TPSA) is 70.7 Å². The van der Waals surface area contributed by atoms with Crippen molar-refractivity contribution in [2.75, 3.05) is 37.3 Å². The van der Waals surface area contributed by atoms with Crippen LogP contribution >= 0.6 is 11.8 Å². The van der Waals surface area contributed by atoms with E-state index >= 15 is 0 Å². The Labute approximate surface area is 203 Å². The maximum absolute atomic E-state index is 13.9. The van der Waals surface area contributed by atoms with Gasteiger partial charge >= 0.3 is 0 Å². The summed E-state index contributed by atoms with van der Waals surface area (Å²) in [6.07, 6.45) is 1.94. The number of carbonyl (C=O) groups excluding carboxylic acids is 2. The summed E-state index contributed by atoms with van der Waals surface area (Å²) < 4.78 is 19.3. The lowest BCUT2D eigenvalue weighted by Crippen LogP contribution is -2.38. The highest BCUT2D eigenvalue weighted by Crippen LogP contribution is 2.26. The van der Waals surface area contributed by atoms with E-state index in [1.54, 1.807) is 37.3 Å². The second-order valence-corrected chi connectivity index (χ2v) is 9.74. The van der Waals surface area contributed by atoms with E-state index in [1.807, 2.05) is 12.1 Å². The Morgan fingerprint density at radius 2 is 1.82 bits per heavy atom. The Bertz CT molecular complexity index is 1050. The van der Waals surface area contributed by atoms with E-state index in [0.29, 0.717) is 47.5 Å². The van der Waals surface area contributed by atoms with Crippen molar-refractivity contribution < 1.29 is 18.7 Å². The number of allylic oxidation sites excluding steroid dienone is 1. The van der Waals surface area contributed by atoms with Crippen LogP contribution in [0.25, 0.3) is 0 Å². The van der Waals surface area contributed by atoms with Crippen LogP contribution in [-0.2, 0) is 16.1 Å². The fourth-order valence-corrected chi connectivity index (χ4v) is 4.99. The smallest absolute Gasteiger partial charge is 0.265 e. The number of amides is 2. The molecule has 2 N–H and O–H groups in total. The van der Waals surface area contributed by atoms with Gasteiger partial charge in [0.2, 0.25) is 0 Å². The first-order valence-electron chi connectivity index (χ1n) is 11.6. The van der Waals surface area contributed by atoms with Gasteiger partial charge in [0.25, 0.3) is 11.8 Å². The third kappa shape index (κ3) is 6.39. The quantitative estimate of drug-likeness (QED) is 0.611. The van der Waals surface area contributed by atoms with Crippen LogP contribution in [0.4, 0.5) is 10.1 Å². The van der Waals surface area contributed by atoms with Crippen LogP contribution in [0.3, 0.4) is 0 Å². The Hall–Kier alpha value is -2.84. The van der Waals surface area contributed by atoms with E-state index in [4.69, 9.17) is 4.74 Å². The molecule has 2 amide bonds. The van der Waals surface area contributed by atoms with Crippen molar-refractivity contribution in [3.63, 3.8) is 0 Å². The molecule has 0 aromatic heterocycles. The second-order valence-electron chi connectivity index (χ2n) is 8.63. The van der Waals surface area contributed by atoms with E-state index < -0.39 is 0 Å². The fourth-order valence-electron chi connectivity index (χ4n) is 4.18. The number of carbonyl (C=O) groups is 2. The third-order valence-corrected chi connectivity index (χ3v) is 7.32. The van der Waals surface area contributed by atoms with Gasteiger partial charge in [-0.2, -0.15) is 0 Å². The molecule has 0 spiro atoms. The molecule has 0 saturated carbocycles. The number of piperidine rings is 1. The Kier molecular flexibility index (Phi) is 8.24. The summed E-state index contributed by atoms with van der Waals surface area (Å²) in [5.41, 5.74) is 1.92. The molecule has 0 bridgehead atoms. The Balaban J connectivity index is 1.21. The van der Waals surface area contributed by atoms with Crippen molar-refractivity contribution in [2.24, 2.45) is 5.92 Å². The maximum Gasteiger partial charge on any atom is 0.265 e. The van der Waals surface area contributed by atoms with E-state index in [1.165, 1.54) is 17.8 Å². The van der Waals surface area contributed by atoms with Gasteiger partial charge in [-0.1, -0.05) is 18.2 Å². The number of halogens is 1. The number of hydrogen-bond donors (Lipinski definition) is 2. The normalized spacial score (nSPS) is 17.2. The highest BCUT2D eigenvalue weighted by atomic mass is 32.2. The molecule has 1 fully saturated rings. The number of anilines is 1. The summed E-state index contributed by atoms with van der Waals surface area (Å²) in [6.45, 7) is 5.43. The zero-order valence-electron chi connectivity index (χ0n) is 19.3. The van der Waals surface area contributed by atoms with Gasteiger partial charge in [0.15, 0.2) is 0 Å². The predicted molar refractivity (Wildman–Crippen MR) is 133 cm³/mol. The summed E-state index contributed by atoms with van der Waals surface area (Å²) in [5, 5.41) is 5.89. The summed E-state index contributed by atoms with van der Waals surface area (Å²) in [6, 6.07) is 13.8. The highest BCUT2D eigenvalue weighted by molar-refractivity contribution is 8.04. The van der Waals surface area contributed by atoms with Gasteiger partial charge in [0.05, 0.1) is 6.61 Å². The predicted octanol–water partition coefficient (Wildman–Crippen LogP) is 4.40. The minimum atomic E-state index is -0.194. The van der Waals surface area contributed by atoms with E-state index in [9.17, 15) is 14.0 Å². The Morgan fingerprint density at radius 1 is 1.09 bits per heavy atom. The number of benzene rings is 2. The molecule has 0 aliphatic carbocycles. The number of rotatable bonds is 7. The average molecular weight is 484 g/mol. The number of thioether (sulfide) groups is 1. The van der Waals surface area contributed by atoms with Gasteiger partial charge in [-0.05, 0) is 69.1 Å². The van der Waals surface area contributed by atoms with Gasteiger partial charge in [-0.25, -0.2) is 4.39 Å². The zero-order valence-corrected chi connectivity index (χ0v) is 20.1. The van der Waals surface area contributed by atoms with Gasteiger partial charge < -0.3 is 15.4 Å². The number of likely N-dealkylation sites (tertiary alicyclic amines) is 1. The zero-order chi connectivity index (χ0) is 23.9. The molecule has 4 rings (SSSR count). The van der Waals surface area contributed by atoms with Crippen molar-refractivity contribution >= 4 is 29.3 Å². The molecule has 8 heteroatoms. The first-order valence-corrected chi connectivity index (χ1v) is 12.6. The van der Waals surface area contributed by atoms with Crippen LogP contribution in [0.5, 0.6) is 0 Å². The lowest BCUT2D eigenvalue weighted by atomic mass is 9.96. The largest absolute Gasteiger partial charge is 0.496 e. The van der Waals surface area contributed by atoms with Gasteiger partial charge in [-0.15, -0.1) is 11.8 Å². The van der Waals surface area contributed by atoms with Gasteiger partial charge in [0.1, 0.15) is 16.5 Å². The summed E-state index contributed by atoms with van der Waals surface area (Å²) in [7, 11) is 0. The molecule has 180 valence electrons. The number of hydrogen-bond acceptors (Lipinski definition) is 5. The molecule has 2 aromatic carbocycles. The molecule has 0 radical (unpaired) electrons. The van der Waals surface area contributed by atoms with Crippen molar-refractivity contribution in [2.45, 2.75) is 26.3 Å². The van der Waals surface area contributed by atoms with E-state index in [2.05, 4.69) is 15.5 Å². The molecule has 0 unspecified atom stereocenters. The molecular weight excluding hydrogens is 453 g/mol. The number of nitrogens with zero attached hydrogens (tertiary/aromatic N) is 1. The van der Waals surface area contributed by atoms with Crippen molar-refractivity contribution in [3.05, 3.63) is 76.1 Å². The SMILES string of the molecule is CC1=C(C(=O)Nc2ccc(C(=O)NCC3CCN(Cc4ccccc4F)CC3)cc2)SCCO1. The molecule has 34 heavy (non-hydrogen) atoms. The maximum atomic E-state index is 13.9. The second kappa shape index (κ2) is 11.5. The van der Waals surface area contributed by atoms with Crippen LogP contribution in [-0.4, -0.2) is 48.7 Å². The highest BCUT2D eigenvalue weighted by Gasteiger charge is 2.21. The first-order chi connectivity index (χ1) is 16.5. The van der Waals surface area contributed by atoms with Crippen LogP contribution in [0, 0.1) is 11.7 Å². The van der Waals surface area contributed by atoms with E-state index in [-0.39, 0.29) is 17.6 Å². The number of ether oxygens (including phenoxy) is 1. The molecule has 2 aliphatic heterocycles. The lowest BCUT2D eigenvalue weighted by Gasteiger charge is -2.32. The minimum absolute atomic E-state index is 0.124. The lowest BCUT2D eigenvalue weighted by molar-refractivity contribution is -0.112. The van der Waals surface area contributed by atoms with Crippen molar-refractivity contribution in [1.82, 2.24) is 10.2 Å². The first kappa shape index (κ1) is 24.3. The average Bonchev–Trinajstić information content (AvgIpc) is 2.85. The molecule has 0 atom stereocenters. The van der Waals surface area contributed by atoms with Gasteiger partial charge in [0, 0.05) is 35.7 Å². The molecule has 2 aromatic rings. The number of nitrogens with one attached hydrogen (secondary N) is 2. The summed E-state index contributed by atoms with van der Waals surface area (Å²) >= 11 is 1.49. The summed E-state index contributed by atoms with van der Waals surface area (Å²) in [5.74, 6) is 1.33. The molecule has 2 heterocycles. The van der Waals surface area contributed by atoms with Crippen molar-refractivity contribution in [3.8, 4) is 0 Å². The Morgan fingerprint density at radius 3 is 2.53 bits per heavy atom. The van der Waals surface area contributed by atoms with E-state index in [0.717, 1.165) is 37.2 Å². The fraction of sp³-hybridized carbons (Fsp3) is 0.385. The van der Waals surface area contributed by atoms with Crippen LogP contribution in [0.15, 0.2) is 59.2 Å².